The summed E-state index contributed by atoms with van der Waals surface area (Å²) in [6, 6.07) is 3.71. The van der Waals surface area contributed by atoms with Crippen LogP contribution in [0, 0.1) is 5.41 Å². The molecule has 0 amide bonds. The first kappa shape index (κ1) is 16.9. The minimum absolute atomic E-state index is 0.262. The van der Waals surface area contributed by atoms with Gasteiger partial charge in [-0.05, 0) is 49.9 Å². The van der Waals surface area contributed by atoms with E-state index < -0.39 is 10.0 Å². The number of hydrogen-bond acceptors (Lipinski definition) is 4. The van der Waals surface area contributed by atoms with Crippen LogP contribution < -0.4 is 5.32 Å². The van der Waals surface area contributed by atoms with Gasteiger partial charge in [-0.3, -0.25) is 0 Å². The van der Waals surface area contributed by atoms with Crippen LogP contribution in [0.1, 0.15) is 38.5 Å². The average molecular weight is 331 g/mol. The van der Waals surface area contributed by atoms with Crippen molar-refractivity contribution >= 4 is 21.4 Å². The van der Waals surface area contributed by atoms with Crippen LogP contribution in [-0.4, -0.2) is 38.9 Å². The molecule has 0 radical (unpaired) electrons. The minimum atomic E-state index is -3.29. The van der Waals surface area contributed by atoms with Gasteiger partial charge >= 0.3 is 0 Å². The van der Waals surface area contributed by atoms with E-state index in [4.69, 9.17) is 0 Å². The Hall–Kier alpha value is -0.430. The van der Waals surface area contributed by atoms with Gasteiger partial charge in [0.1, 0.15) is 4.21 Å². The highest BCUT2D eigenvalue weighted by molar-refractivity contribution is 7.91. The Balaban J connectivity index is 2.03. The molecule has 21 heavy (non-hydrogen) atoms. The maximum absolute atomic E-state index is 12.7. The Morgan fingerprint density at radius 2 is 1.95 bits per heavy atom. The maximum Gasteiger partial charge on any atom is 0.252 e. The molecule has 1 fully saturated rings. The van der Waals surface area contributed by atoms with Crippen molar-refractivity contribution in [3.05, 3.63) is 17.0 Å². The Morgan fingerprint density at radius 1 is 1.29 bits per heavy atom. The zero-order valence-corrected chi connectivity index (χ0v) is 14.8. The normalized spacial score (nSPS) is 19.8. The molecule has 120 valence electrons. The predicted octanol–water partition coefficient (Wildman–Crippen LogP) is 2.71. The summed E-state index contributed by atoms with van der Waals surface area (Å²) in [4.78, 5) is 1.13. The standard InChI is InChI=1S/C15H26N2O2S2/c1-4-16-10-7-13-5-6-14(20-13)21(18,19)17-11-8-15(2,3)9-12-17/h5-6,16H,4,7-12H2,1-3H3. The molecule has 0 bridgehead atoms. The van der Waals surface area contributed by atoms with Gasteiger partial charge in [0.25, 0.3) is 10.0 Å². The molecule has 1 aromatic rings. The van der Waals surface area contributed by atoms with E-state index >= 15 is 0 Å². The number of rotatable bonds is 6. The highest BCUT2D eigenvalue weighted by Gasteiger charge is 2.33. The summed E-state index contributed by atoms with van der Waals surface area (Å²) in [5, 5.41) is 3.26. The SMILES string of the molecule is CCNCCc1ccc(S(=O)(=O)N2CCC(C)(C)CC2)s1. The Labute approximate surface area is 132 Å². The molecule has 1 aliphatic heterocycles. The molecule has 2 heterocycles. The van der Waals surface area contributed by atoms with Crippen LogP contribution in [0.3, 0.4) is 0 Å². The number of piperidine rings is 1. The van der Waals surface area contributed by atoms with Crippen LogP contribution in [0.5, 0.6) is 0 Å². The van der Waals surface area contributed by atoms with Gasteiger partial charge in [-0.1, -0.05) is 20.8 Å². The largest absolute Gasteiger partial charge is 0.317 e. The van der Waals surface area contributed by atoms with E-state index in [2.05, 4.69) is 26.1 Å². The van der Waals surface area contributed by atoms with E-state index in [0.29, 0.717) is 17.3 Å². The molecule has 0 unspecified atom stereocenters. The molecule has 0 spiro atoms. The highest BCUT2D eigenvalue weighted by atomic mass is 32.2. The maximum atomic E-state index is 12.7. The molecule has 0 aromatic carbocycles. The Kier molecular flexibility index (Phi) is 5.46. The number of nitrogens with one attached hydrogen (secondary N) is 1. The van der Waals surface area contributed by atoms with Crippen molar-refractivity contribution < 1.29 is 8.42 Å². The average Bonchev–Trinajstić information content (AvgIpc) is 2.88. The molecule has 6 heteroatoms. The van der Waals surface area contributed by atoms with Crippen LogP contribution in [-0.2, 0) is 16.4 Å². The number of likely N-dealkylation sites (N-methyl/N-ethyl adjacent to an activating group) is 1. The lowest BCUT2D eigenvalue weighted by Gasteiger charge is -2.35. The van der Waals surface area contributed by atoms with Crippen LogP contribution in [0.25, 0.3) is 0 Å². The van der Waals surface area contributed by atoms with E-state index in [0.717, 1.165) is 37.2 Å². The van der Waals surface area contributed by atoms with Crippen LogP contribution in [0.15, 0.2) is 16.3 Å². The molecule has 1 saturated heterocycles. The summed E-state index contributed by atoms with van der Waals surface area (Å²) < 4.78 is 27.5. The van der Waals surface area contributed by atoms with Crippen molar-refractivity contribution in [2.45, 2.75) is 44.2 Å². The van der Waals surface area contributed by atoms with Gasteiger partial charge in [-0.2, -0.15) is 4.31 Å². The lowest BCUT2D eigenvalue weighted by Crippen LogP contribution is -2.40. The smallest absolute Gasteiger partial charge is 0.252 e. The number of thiophene rings is 1. The van der Waals surface area contributed by atoms with E-state index in [9.17, 15) is 8.42 Å². The summed E-state index contributed by atoms with van der Waals surface area (Å²) in [5.74, 6) is 0. The van der Waals surface area contributed by atoms with E-state index in [1.165, 1.54) is 11.3 Å². The minimum Gasteiger partial charge on any atom is -0.317 e. The van der Waals surface area contributed by atoms with E-state index in [1.54, 1.807) is 10.4 Å². The molecule has 1 N–H and O–H groups in total. The summed E-state index contributed by atoms with van der Waals surface area (Å²) in [6.45, 7) is 9.61. The fraction of sp³-hybridized carbons (Fsp3) is 0.733. The lowest BCUT2D eigenvalue weighted by atomic mass is 9.83. The summed E-state index contributed by atoms with van der Waals surface area (Å²) in [6.07, 6.45) is 2.76. The topological polar surface area (TPSA) is 49.4 Å². The van der Waals surface area contributed by atoms with Crippen molar-refractivity contribution in [1.29, 1.82) is 0 Å². The quantitative estimate of drug-likeness (QED) is 0.816. The van der Waals surface area contributed by atoms with Crippen LogP contribution in [0.2, 0.25) is 0 Å². The van der Waals surface area contributed by atoms with E-state index in [-0.39, 0.29) is 5.41 Å². The number of sulfonamides is 1. The molecule has 0 saturated carbocycles. The first-order valence-electron chi connectivity index (χ1n) is 7.65. The first-order chi connectivity index (χ1) is 9.85. The van der Waals surface area contributed by atoms with Gasteiger partial charge in [-0.25, -0.2) is 8.42 Å². The van der Waals surface area contributed by atoms with Gasteiger partial charge in [0.05, 0.1) is 0 Å². The van der Waals surface area contributed by atoms with Gasteiger partial charge in [0, 0.05) is 18.0 Å². The van der Waals surface area contributed by atoms with Gasteiger partial charge < -0.3 is 5.32 Å². The number of nitrogens with zero attached hydrogens (tertiary/aromatic N) is 1. The van der Waals surface area contributed by atoms with Crippen molar-refractivity contribution in [2.24, 2.45) is 5.41 Å². The molecule has 0 aliphatic carbocycles. The van der Waals surface area contributed by atoms with Gasteiger partial charge in [-0.15, -0.1) is 11.3 Å². The molecule has 4 nitrogen and oxygen atoms in total. The third-order valence-electron chi connectivity index (χ3n) is 4.11. The molecule has 2 rings (SSSR count). The van der Waals surface area contributed by atoms with Crippen molar-refractivity contribution in [3.8, 4) is 0 Å². The van der Waals surface area contributed by atoms with Gasteiger partial charge in [0.15, 0.2) is 0 Å². The van der Waals surface area contributed by atoms with Crippen molar-refractivity contribution in [2.75, 3.05) is 26.2 Å². The van der Waals surface area contributed by atoms with Gasteiger partial charge in [0.2, 0.25) is 0 Å². The molecule has 1 aromatic heterocycles. The number of hydrogen-bond donors (Lipinski definition) is 1. The third-order valence-corrected chi connectivity index (χ3v) is 7.62. The second-order valence-electron chi connectivity index (χ2n) is 6.39. The zero-order valence-electron chi connectivity index (χ0n) is 13.2. The summed E-state index contributed by atoms with van der Waals surface area (Å²) >= 11 is 1.41. The molecular formula is C15H26N2O2S2. The molecular weight excluding hydrogens is 304 g/mol. The van der Waals surface area contributed by atoms with E-state index in [1.807, 2.05) is 6.07 Å². The van der Waals surface area contributed by atoms with Crippen molar-refractivity contribution in [1.82, 2.24) is 9.62 Å². The second kappa shape index (κ2) is 6.77. The zero-order chi connectivity index (χ0) is 15.5. The van der Waals surface area contributed by atoms with Crippen LogP contribution >= 0.6 is 11.3 Å². The molecule has 0 atom stereocenters. The highest BCUT2D eigenvalue weighted by Crippen LogP contribution is 2.33. The monoisotopic (exact) mass is 330 g/mol. The predicted molar refractivity (Wildman–Crippen MR) is 88.3 cm³/mol. The summed E-state index contributed by atoms with van der Waals surface area (Å²) in [5.41, 5.74) is 0.262. The second-order valence-corrected chi connectivity index (χ2v) is 9.73. The third kappa shape index (κ3) is 4.28. The fourth-order valence-electron chi connectivity index (χ4n) is 2.48. The lowest BCUT2D eigenvalue weighted by molar-refractivity contribution is 0.196. The Bertz CT molecular complexity index is 554. The first-order valence-corrected chi connectivity index (χ1v) is 9.90. The summed E-state index contributed by atoms with van der Waals surface area (Å²) in [7, 11) is -3.29. The fourth-order valence-corrected chi connectivity index (χ4v) is 5.43. The Morgan fingerprint density at radius 3 is 2.57 bits per heavy atom. The molecule has 1 aliphatic rings. The van der Waals surface area contributed by atoms with Crippen LogP contribution in [0.4, 0.5) is 0 Å². The van der Waals surface area contributed by atoms with Crippen molar-refractivity contribution in [3.63, 3.8) is 0 Å².